The first-order chi connectivity index (χ1) is 12.2. The first-order valence-corrected chi connectivity index (χ1v) is 8.69. The highest BCUT2D eigenvalue weighted by molar-refractivity contribution is 5.94. The summed E-state index contributed by atoms with van der Waals surface area (Å²) in [6.07, 6.45) is 5.37. The van der Waals surface area contributed by atoms with Gasteiger partial charge in [-0.15, -0.1) is 0 Å². The molecule has 0 saturated heterocycles. The molecule has 3 heterocycles. The lowest BCUT2D eigenvalue weighted by Gasteiger charge is -2.20. The van der Waals surface area contributed by atoms with Crippen molar-refractivity contribution in [3.63, 3.8) is 0 Å². The van der Waals surface area contributed by atoms with E-state index in [1.807, 2.05) is 36.9 Å². The highest BCUT2D eigenvalue weighted by atomic mass is 16.5. The Morgan fingerprint density at radius 2 is 2.16 bits per heavy atom. The average Bonchev–Trinajstić information content (AvgIpc) is 3.17. The fourth-order valence-corrected chi connectivity index (χ4v) is 3.07. The maximum atomic E-state index is 12.8. The molecule has 0 N–H and O–H groups in total. The summed E-state index contributed by atoms with van der Waals surface area (Å²) < 4.78 is 7.25. The molecule has 4 rings (SSSR count). The quantitative estimate of drug-likeness (QED) is 0.714. The Kier molecular flexibility index (Phi) is 3.99. The number of hydrogen-bond acceptors (Lipinski definition) is 5. The Morgan fingerprint density at radius 1 is 1.32 bits per heavy atom. The predicted octanol–water partition coefficient (Wildman–Crippen LogP) is 2.89. The van der Waals surface area contributed by atoms with Crippen molar-refractivity contribution in [3.05, 3.63) is 41.8 Å². The van der Waals surface area contributed by atoms with Gasteiger partial charge in [-0.3, -0.25) is 4.79 Å². The van der Waals surface area contributed by atoms with Gasteiger partial charge in [0.05, 0.1) is 6.54 Å². The van der Waals surface area contributed by atoms with Gasteiger partial charge in [-0.05, 0) is 38.0 Å². The topological polar surface area (TPSA) is 77.0 Å². The third-order valence-electron chi connectivity index (χ3n) is 4.88. The van der Waals surface area contributed by atoms with E-state index in [4.69, 9.17) is 4.52 Å². The van der Waals surface area contributed by atoms with Crippen LogP contribution in [-0.4, -0.2) is 37.0 Å². The van der Waals surface area contributed by atoms with Gasteiger partial charge in [0.25, 0.3) is 5.91 Å². The second-order valence-electron chi connectivity index (χ2n) is 6.53. The first kappa shape index (κ1) is 15.8. The van der Waals surface area contributed by atoms with Crippen molar-refractivity contribution in [2.75, 3.05) is 6.54 Å². The van der Waals surface area contributed by atoms with Gasteiger partial charge >= 0.3 is 0 Å². The van der Waals surface area contributed by atoms with E-state index in [1.54, 1.807) is 11.0 Å². The van der Waals surface area contributed by atoms with Gasteiger partial charge in [-0.1, -0.05) is 11.6 Å². The molecule has 1 aliphatic carbocycles. The van der Waals surface area contributed by atoms with E-state index in [1.165, 1.54) is 6.42 Å². The number of amides is 1. The van der Waals surface area contributed by atoms with E-state index in [0.717, 1.165) is 23.9 Å². The summed E-state index contributed by atoms with van der Waals surface area (Å²) in [7, 11) is 1.92. The molecule has 0 aromatic carbocycles. The van der Waals surface area contributed by atoms with Gasteiger partial charge in [-0.25, -0.2) is 4.98 Å². The fraction of sp³-hybridized carbons (Fsp3) is 0.444. The van der Waals surface area contributed by atoms with Gasteiger partial charge in [0.15, 0.2) is 5.82 Å². The second kappa shape index (κ2) is 6.31. The molecule has 25 heavy (non-hydrogen) atoms. The zero-order chi connectivity index (χ0) is 17.4. The van der Waals surface area contributed by atoms with Gasteiger partial charge in [0.1, 0.15) is 11.3 Å². The van der Waals surface area contributed by atoms with Crippen LogP contribution in [0.5, 0.6) is 0 Å². The van der Waals surface area contributed by atoms with Crippen LogP contribution in [0.15, 0.2) is 28.9 Å². The summed E-state index contributed by atoms with van der Waals surface area (Å²) in [6.45, 7) is 2.82. The normalized spacial score (nSPS) is 14.6. The van der Waals surface area contributed by atoms with E-state index >= 15 is 0 Å². The molecular formula is C18H21N5O2. The highest BCUT2D eigenvalue weighted by Gasteiger charge is 2.26. The number of pyridine rings is 1. The molecule has 0 aliphatic heterocycles. The first-order valence-electron chi connectivity index (χ1n) is 8.69. The standard InChI is InChI=1S/C18H21N5O2/c1-3-23(11-15-20-17(25-21-15)13-5-4-6-13)18(24)14-8-7-12-9-10-22(2)16(12)19-14/h7-10,13H,3-6,11H2,1-2H3. The van der Waals surface area contributed by atoms with Gasteiger partial charge in [-0.2, -0.15) is 4.98 Å². The van der Waals surface area contributed by atoms with Crippen LogP contribution in [0.2, 0.25) is 0 Å². The molecule has 1 saturated carbocycles. The lowest BCUT2D eigenvalue weighted by molar-refractivity contribution is 0.0741. The molecule has 130 valence electrons. The van der Waals surface area contributed by atoms with Crippen molar-refractivity contribution in [2.45, 2.75) is 38.6 Å². The number of carbonyl (C=O) groups excluding carboxylic acids is 1. The number of carbonyl (C=O) groups is 1. The van der Waals surface area contributed by atoms with E-state index in [9.17, 15) is 4.79 Å². The summed E-state index contributed by atoms with van der Waals surface area (Å²) in [4.78, 5) is 23.5. The van der Waals surface area contributed by atoms with Gasteiger partial charge in [0, 0.05) is 31.1 Å². The average molecular weight is 339 g/mol. The van der Waals surface area contributed by atoms with Crippen LogP contribution < -0.4 is 0 Å². The van der Waals surface area contributed by atoms with Gasteiger partial charge in [0.2, 0.25) is 5.89 Å². The van der Waals surface area contributed by atoms with Crippen LogP contribution in [0.4, 0.5) is 0 Å². The molecule has 1 fully saturated rings. The van der Waals surface area contributed by atoms with Crippen molar-refractivity contribution in [1.82, 2.24) is 24.6 Å². The van der Waals surface area contributed by atoms with Gasteiger partial charge < -0.3 is 14.0 Å². The number of rotatable bonds is 5. The third kappa shape index (κ3) is 2.90. The van der Waals surface area contributed by atoms with Crippen LogP contribution in [0.1, 0.15) is 54.3 Å². The van der Waals surface area contributed by atoms with Crippen molar-refractivity contribution < 1.29 is 9.32 Å². The molecule has 1 amide bonds. The van der Waals surface area contributed by atoms with Crippen LogP contribution in [0, 0.1) is 0 Å². The number of fused-ring (bicyclic) bond motifs is 1. The smallest absolute Gasteiger partial charge is 0.272 e. The Balaban J connectivity index is 1.53. The van der Waals surface area contributed by atoms with E-state index in [0.29, 0.717) is 36.4 Å². The number of nitrogens with zero attached hydrogens (tertiary/aromatic N) is 5. The summed E-state index contributed by atoms with van der Waals surface area (Å²) in [6, 6.07) is 5.67. The number of hydrogen-bond donors (Lipinski definition) is 0. The summed E-state index contributed by atoms with van der Waals surface area (Å²) >= 11 is 0. The monoisotopic (exact) mass is 339 g/mol. The van der Waals surface area contributed by atoms with Crippen LogP contribution >= 0.6 is 0 Å². The van der Waals surface area contributed by atoms with Crippen molar-refractivity contribution in [2.24, 2.45) is 7.05 Å². The Hall–Kier alpha value is -2.70. The van der Waals surface area contributed by atoms with E-state index < -0.39 is 0 Å². The minimum Gasteiger partial charge on any atom is -0.339 e. The minimum absolute atomic E-state index is 0.124. The Morgan fingerprint density at radius 3 is 2.88 bits per heavy atom. The molecule has 0 radical (unpaired) electrons. The lowest BCUT2D eigenvalue weighted by Crippen LogP contribution is -2.31. The molecule has 0 spiro atoms. The highest BCUT2D eigenvalue weighted by Crippen LogP contribution is 2.35. The molecule has 1 aliphatic rings. The van der Waals surface area contributed by atoms with E-state index in [-0.39, 0.29) is 5.91 Å². The molecule has 0 atom stereocenters. The van der Waals surface area contributed by atoms with Crippen molar-refractivity contribution >= 4 is 16.9 Å². The van der Waals surface area contributed by atoms with Crippen LogP contribution in [0.25, 0.3) is 11.0 Å². The Bertz CT molecular complexity index is 909. The molecular weight excluding hydrogens is 318 g/mol. The third-order valence-corrected chi connectivity index (χ3v) is 4.88. The minimum atomic E-state index is -0.124. The zero-order valence-corrected chi connectivity index (χ0v) is 14.5. The van der Waals surface area contributed by atoms with Crippen LogP contribution in [-0.2, 0) is 13.6 Å². The molecule has 0 bridgehead atoms. The Labute approximate surface area is 145 Å². The molecule has 3 aromatic rings. The fourth-order valence-electron chi connectivity index (χ4n) is 3.07. The summed E-state index contributed by atoms with van der Waals surface area (Å²) in [5, 5.41) is 5.05. The molecule has 3 aromatic heterocycles. The SMILES string of the molecule is CCN(Cc1noc(C2CCC2)n1)C(=O)c1ccc2ccn(C)c2n1. The largest absolute Gasteiger partial charge is 0.339 e. The zero-order valence-electron chi connectivity index (χ0n) is 14.5. The lowest BCUT2D eigenvalue weighted by atomic mass is 9.85. The maximum Gasteiger partial charge on any atom is 0.272 e. The maximum absolute atomic E-state index is 12.8. The van der Waals surface area contributed by atoms with E-state index in [2.05, 4.69) is 15.1 Å². The number of aryl methyl sites for hydroxylation is 1. The predicted molar refractivity (Wildman–Crippen MR) is 92.0 cm³/mol. The summed E-state index contributed by atoms with van der Waals surface area (Å²) in [5.74, 6) is 1.53. The van der Waals surface area contributed by atoms with Crippen molar-refractivity contribution in [1.29, 1.82) is 0 Å². The van der Waals surface area contributed by atoms with Crippen molar-refractivity contribution in [3.8, 4) is 0 Å². The molecule has 7 nitrogen and oxygen atoms in total. The molecule has 7 heteroatoms. The molecule has 0 unspecified atom stereocenters. The summed E-state index contributed by atoms with van der Waals surface area (Å²) in [5.41, 5.74) is 1.23. The second-order valence-corrected chi connectivity index (χ2v) is 6.53. The van der Waals surface area contributed by atoms with Crippen LogP contribution in [0.3, 0.4) is 0 Å². The number of aromatic nitrogens is 4.